The van der Waals surface area contributed by atoms with Crippen molar-refractivity contribution in [3.8, 4) is 0 Å². The first-order valence-corrected chi connectivity index (χ1v) is 10.1. The number of anilines is 1. The highest BCUT2D eigenvalue weighted by Crippen LogP contribution is 2.14. The van der Waals surface area contributed by atoms with Crippen LogP contribution in [0.25, 0.3) is 0 Å². The Morgan fingerprint density at radius 2 is 1.93 bits per heavy atom. The highest BCUT2D eigenvalue weighted by Gasteiger charge is 2.16. The normalized spacial score (nSPS) is 15.3. The SMILES string of the molecule is CCN1CCN(c2ccc(CNC(=NC)NCc3cccs3)cn2)CC1.I. The van der Waals surface area contributed by atoms with Crippen molar-refractivity contribution in [1.82, 2.24) is 20.5 Å². The Labute approximate surface area is 183 Å². The lowest BCUT2D eigenvalue weighted by atomic mass is 10.2. The van der Waals surface area contributed by atoms with E-state index in [1.807, 2.05) is 6.20 Å². The van der Waals surface area contributed by atoms with Gasteiger partial charge >= 0.3 is 0 Å². The molecule has 0 saturated carbocycles. The maximum Gasteiger partial charge on any atom is 0.191 e. The number of rotatable bonds is 6. The van der Waals surface area contributed by atoms with Gasteiger partial charge in [0.2, 0.25) is 0 Å². The minimum Gasteiger partial charge on any atom is -0.354 e. The quantitative estimate of drug-likeness (QED) is 0.363. The minimum absolute atomic E-state index is 0. The summed E-state index contributed by atoms with van der Waals surface area (Å²) in [5.41, 5.74) is 1.15. The molecule has 148 valence electrons. The molecule has 8 heteroatoms. The number of guanidine groups is 1. The maximum atomic E-state index is 4.65. The van der Waals surface area contributed by atoms with Crippen LogP contribution in [0.4, 0.5) is 5.82 Å². The van der Waals surface area contributed by atoms with Gasteiger partial charge in [0.1, 0.15) is 5.82 Å². The maximum absolute atomic E-state index is 4.65. The third-order valence-corrected chi connectivity index (χ3v) is 5.52. The Morgan fingerprint density at radius 3 is 2.52 bits per heavy atom. The number of likely N-dealkylation sites (N-methyl/N-ethyl adjacent to an activating group) is 1. The number of hydrogen-bond donors (Lipinski definition) is 2. The molecule has 1 aliphatic rings. The molecule has 2 N–H and O–H groups in total. The molecule has 0 atom stereocenters. The van der Waals surface area contributed by atoms with Gasteiger partial charge in [0.15, 0.2) is 5.96 Å². The standard InChI is InChI=1S/C19H28N6S.HI/c1-3-24-8-10-25(11-9-24)18-7-6-16(13-21-18)14-22-19(20-2)23-15-17-5-4-12-26-17;/h4-7,12-13H,3,8-11,14-15H2,1-2H3,(H2,20,22,23);1H. The summed E-state index contributed by atoms with van der Waals surface area (Å²) >= 11 is 1.74. The van der Waals surface area contributed by atoms with Crippen molar-refractivity contribution in [3.63, 3.8) is 0 Å². The summed E-state index contributed by atoms with van der Waals surface area (Å²) in [5, 5.41) is 8.76. The Morgan fingerprint density at radius 1 is 1.15 bits per heavy atom. The average Bonchev–Trinajstić information content (AvgIpc) is 3.22. The highest BCUT2D eigenvalue weighted by atomic mass is 127. The smallest absolute Gasteiger partial charge is 0.191 e. The summed E-state index contributed by atoms with van der Waals surface area (Å²) in [5.74, 6) is 1.88. The first kappa shape index (κ1) is 21.9. The number of piperazine rings is 1. The van der Waals surface area contributed by atoms with Crippen molar-refractivity contribution in [2.45, 2.75) is 20.0 Å². The molecule has 6 nitrogen and oxygen atoms in total. The Kier molecular flexibility index (Phi) is 9.29. The molecule has 1 fully saturated rings. The minimum atomic E-state index is 0. The van der Waals surface area contributed by atoms with E-state index in [1.165, 1.54) is 4.88 Å². The van der Waals surface area contributed by atoms with E-state index in [4.69, 9.17) is 0 Å². The zero-order chi connectivity index (χ0) is 18.2. The molecule has 0 radical (unpaired) electrons. The van der Waals surface area contributed by atoms with Crippen molar-refractivity contribution in [3.05, 3.63) is 46.3 Å². The summed E-state index contributed by atoms with van der Waals surface area (Å²) in [6.45, 7) is 9.20. The lowest BCUT2D eigenvalue weighted by molar-refractivity contribution is 0.270. The first-order valence-electron chi connectivity index (χ1n) is 9.17. The average molecular weight is 500 g/mol. The van der Waals surface area contributed by atoms with Crippen molar-refractivity contribution in [2.75, 3.05) is 44.7 Å². The molecule has 1 aliphatic heterocycles. The van der Waals surface area contributed by atoms with Crippen molar-refractivity contribution < 1.29 is 0 Å². The van der Waals surface area contributed by atoms with Crippen LogP contribution >= 0.6 is 35.3 Å². The molecular formula is C19H29IN6S. The van der Waals surface area contributed by atoms with Crippen LogP contribution < -0.4 is 15.5 Å². The summed E-state index contributed by atoms with van der Waals surface area (Å²) in [7, 11) is 1.79. The van der Waals surface area contributed by atoms with Crippen LogP contribution in [0.5, 0.6) is 0 Å². The Balaban J connectivity index is 0.00000261. The Bertz CT molecular complexity index is 681. The second kappa shape index (κ2) is 11.5. The van der Waals surface area contributed by atoms with Gasteiger partial charge in [-0.3, -0.25) is 4.99 Å². The first-order chi connectivity index (χ1) is 12.8. The number of nitrogens with zero attached hydrogens (tertiary/aromatic N) is 4. The second-order valence-electron chi connectivity index (χ2n) is 6.30. The number of thiophene rings is 1. The zero-order valence-corrected chi connectivity index (χ0v) is 19.2. The number of hydrogen-bond acceptors (Lipinski definition) is 5. The molecule has 1 saturated heterocycles. The molecule has 2 aromatic rings. The van der Waals surface area contributed by atoms with E-state index in [0.717, 1.165) is 56.6 Å². The van der Waals surface area contributed by atoms with E-state index in [-0.39, 0.29) is 24.0 Å². The van der Waals surface area contributed by atoms with Gasteiger partial charge in [-0.1, -0.05) is 19.1 Å². The summed E-state index contributed by atoms with van der Waals surface area (Å²) in [4.78, 5) is 15.1. The molecule has 0 bridgehead atoms. The molecule has 3 rings (SSSR count). The lowest BCUT2D eigenvalue weighted by Crippen LogP contribution is -2.46. The molecule has 0 aromatic carbocycles. The van der Waals surface area contributed by atoms with Crippen molar-refractivity contribution in [2.24, 2.45) is 4.99 Å². The number of aromatic nitrogens is 1. The Hall–Kier alpha value is -1.39. The molecular weight excluding hydrogens is 471 g/mol. The van der Waals surface area contributed by atoms with Gasteiger partial charge in [-0.25, -0.2) is 4.98 Å². The number of aliphatic imine (C=N–C) groups is 1. The number of nitrogens with one attached hydrogen (secondary N) is 2. The van der Waals surface area contributed by atoms with Crippen LogP contribution in [0.3, 0.4) is 0 Å². The molecule has 0 spiro atoms. The fourth-order valence-corrected chi connectivity index (χ4v) is 3.64. The second-order valence-corrected chi connectivity index (χ2v) is 7.34. The van der Waals surface area contributed by atoms with E-state index in [2.05, 4.69) is 67.0 Å². The van der Waals surface area contributed by atoms with E-state index >= 15 is 0 Å². The van der Waals surface area contributed by atoms with Crippen LogP contribution in [0.2, 0.25) is 0 Å². The molecule has 0 amide bonds. The molecule has 0 aliphatic carbocycles. The highest BCUT2D eigenvalue weighted by molar-refractivity contribution is 14.0. The van der Waals surface area contributed by atoms with Gasteiger partial charge in [-0.05, 0) is 29.6 Å². The van der Waals surface area contributed by atoms with E-state index in [1.54, 1.807) is 18.4 Å². The number of halogens is 1. The van der Waals surface area contributed by atoms with E-state index in [0.29, 0.717) is 6.54 Å². The fraction of sp³-hybridized carbons (Fsp3) is 0.474. The van der Waals surface area contributed by atoms with Crippen LogP contribution in [-0.4, -0.2) is 55.6 Å². The van der Waals surface area contributed by atoms with Gasteiger partial charge in [0, 0.05) is 50.8 Å². The predicted octanol–water partition coefficient (Wildman–Crippen LogP) is 2.77. The van der Waals surface area contributed by atoms with Crippen LogP contribution in [0.15, 0.2) is 40.8 Å². The van der Waals surface area contributed by atoms with Gasteiger partial charge in [-0.15, -0.1) is 35.3 Å². The largest absolute Gasteiger partial charge is 0.354 e. The number of pyridine rings is 1. The van der Waals surface area contributed by atoms with E-state index in [9.17, 15) is 0 Å². The van der Waals surface area contributed by atoms with Gasteiger partial charge in [0.05, 0.1) is 6.54 Å². The molecule has 2 aromatic heterocycles. The van der Waals surface area contributed by atoms with E-state index < -0.39 is 0 Å². The van der Waals surface area contributed by atoms with Crippen molar-refractivity contribution >= 4 is 47.1 Å². The van der Waals surface area contributed by atoms with Gasteiger partial charge in [0.25, 0.3) is 0 Å². The topological polar surface area (TPSA) is 55.8 Å². The molecule has 0 unspecified atom stereocenters. The summed E-state index contributed by atoms with van der Waals surface area (Å²) in [6.07, 6.45) is 1.96. The van der Waals surface area contributed by atoms with Gasteiger partial charge < -0.3 is 20.4 Å². The van der Waals surface area contributed by atoms with Gasteiger partial charge in [-0.2, -0.15) is 0 Å². The predicted molar refractivity (Wildman–Crippen MR) is 125 cm³/mol. The third kappa shape index (κ3) is 6.62. The van der Waals surface area contributed by atoms with Crippen molar-refractivity contribution in [1.29, 1.82) is 0 Å². The summed E-state index contributed by atoms with van der Waals surface area (Å²) < 4.78 is 0. The lowest BCUT2D eigenvalue weighted by Gasteiger charge is -2.34. The third-order valence-electron chi connectivity index (χ3n) is 4.65. The van der Waals surface area contributed by atoms with Crippen LogP contribution in [-0.2, 0) is 13.1 Å². The summed E-state index contributed by atoms with van der Waals surface area (Å²) in [6, 6.07) is 8.45. The molecule has 27 heavy (non-hydrogen) atoms. The zero-order valence-electron chi connectivity index (χ0n) is 16.0. The van der Waals surface area contributed by atoms with Crippen LogP contribution in [0.1, 0.15) is 17.4 Å². The fourth-order valence-electron chi connectivity index (χ4n) is 2.99. The monoisotopic (exact) mass is 500 g/mol. The van der Waals surface area contributed by atoms with Crippen LogP contribution in [0, 0.1) is 0 Å². The molecule has 3 heterocycles.